The molecule has 2 bridgehead atoms. The molecule has 0 aromatic heterocycles. The molecule has 4 saturated carbocycles. The van der Waals surface area contributed by atoms with Crippen LogP contribution in [0, 0.1) is 28.6 Å². The Bertz CT molecular complexity index is 1670. The summed E-state index contributed by atoms with van der Waals surface area (Å²) in [5, 5.41) is 19.7. The van der Waals surface area contributed by atoms with Crippen LogP contribution in [-0.4, -0.2) is 122 Å². The quantitative estimate of drug-likeness (QED) is 0.315. The summed E-state index contributed by atoms with van der Waals surface area (Å²) in [6.07, 6.45) is 1.21. The van der Waals surface area contributed by atoms with Gasteiger partial charge in [0.1, 0.15) is 18.8 Å². The van der Waals surface area contributed by atoms with Gasteiger partial charge in [-0.25, -0.2) is 4.79 Å². The molecule has 2 aromatic carbocycles. The molecule has 3 amide bonds. The molecule has 288 valence electrons. The van der Waals surface area contributed by atoms with Crippen LogP contribution in [-0.2, 0) is 25.7 Å². The van der Waals surface area contributed by atoms with Gasteiger partial charge >= 0.3 is 6.09 Å². The Kier molecular flexibility index (Phi) is 10.4. The van der Waals surface area contributed by atoms with Crippen molar-refractivity contribution in [1.29, 1.82) is 0 Å². The number of amides is 3. The summed E-state index contributed by atoms with van der Waals surface area (Å²) in [7, 11) is 3.47. The van der Waals surface area contributed by atoms with E-state index in [2.05, 4.69) is 42.4 Å². The smallest absolute Gasteiger partial charge is 0.407 e. The van der Waals surface area contributed by atoms with Crippen LogP contribution < -0.4 is 10.6 Å². The number of ether oxygens (including phenoxy) is 2. The van der Waals surface area contributed by atoms with Gasteiger partial charge in [0, 0.05) is 51.9 Å². The predicted molar refractivity (Wildman–Crippen MR) is 199 cm³/mol. The van der Waals surface area contributed by atoms with Crippen molar-refractivity contribution in [2.75, 3.05) is 60.1 Å². The van der Waals surface area contributed by atoms with E-state index in [1.165, 1.54) is 6.42 Å². The van der Waals surface area contributed by atoms with Crippen LogP contribution in [0.5, 0.6) is 0 Å². The van der Waals surface area contributed by atoms with Gasteiger partial charge in [-0.2, -0.15) is 5.06 Å². The zero-order valence-electron chi connectivity index (χ0n) is 32.1. The molecule has 2 saturated heterocycles. The van der Waals surface area contributed by atoms with Crippen molar-refractivity contribution >= 4 is 17.9 Å². The lowest BCUT2D eigenvalue weighted by molar-refractivity contribution is -0.183. The maximum Gasteiger partial charge on any atom is 0.407 e. The summed E-state index contributed by atoms with van der Waals surface area (Å²) in [5.74, 6) is 1.25. The number of fused-ring (bicyclic) bond motifs is 2. The molecule has 3 N–H and O–H groups in total. The molecule has 8 rings (SSSR count). The first-order chi connectivity index (χ1) is 25.2. The number of hydroxylamine groups is 2. The molecule has 3 unspecified atom stereocenters. The van der Waals surface area contributed by atoms with Gasteiger partial charge in [0.15, 0.2) is 0 Å². The minimum Gasteiger partial charge on any atom is -0.447 e. The number of carbonyl (C=O) groups is 3. The Hall–Kier alpha value is -3.55. The lowest BCUT2D eigenvalue weighted by Crippen LogP contribution is -2.62. The average Bonchev–Trinajstić information content (AvgIpc) is 3.57. The van der Waals surface area contributed by atoms with Gasteiger partial charge in [0.25, 0.3) is 5.91 Å². The zero-order valence-corrected chi connectivity index (χ0v) is 32.1. The van der Waals surface area contributed by atoms with Crippen molar-refractivity contribution in [2.24, 2.45) is 28.6 Å². The topological polar surface area (TPSA) is 133 Å². The van der Waals surface area contributed by atoms with Crippen molar-refractivity contribution in [1.82, 2.24) is 25.5 Å². The van der Waals surface area contributed by atoms with E-state index in [0.29, 0.717) is 56.0 Å². The second-order valence-electron chi connectivity index (χ2n) is 17.1. The summed E-state index contributed by atoms with van der Waals surface area (Å²) in [4.78, 5) is 50.3. The van der Waals surface area contributed by atoms with Crippen molar-refractivity contribution in [3.05, 3.63) is 59.7 Å². The predicted octanol–water partition coefficient (Wildman–Crippen LogP) is 3.93. The first-order valence-electron chi connectivity index (χ1n) is 19.3. The minimum absolute atomic E-state index is 0.0418. The van der Waals surface area contributed by atoms with Crippen LogP contribution in [0.4, 0.5) is 4.79 Å². The number of hydrogen-bond donors (Lipinski definition) is 3. The number of rotatable bonds is 11. The van der Waals surface area contributed by atoms with Gasteiger partial charge in [-0.1, -0.05) is 51.1 Å². The monoisotopic (exact) mass is 731 g/mol. The fraction of sp³-hybridized carbons (Fsp3) is 0.634. The average molecular weight is 732 g/mol. The summed E-state index contributed by atoms with van der Waals surface area (Å²) >= 11 is 0. The highest BCUT2D eigenvalue weighted by atomic mass is 16.7. The number of carbonyl (C=O) groups excluding carboxylic acids is 3. The molecule has 2 aromatic rings. The standard InChI is InChI=1S/C41H57N5O7/c1-26-32-21-31(39(32,2)3)22-33(26)43-36(47)35-41(25-40(41,4)50)34(24-52-38(49)42-14-15-45-16-18-51-19-17-45)53-46(35)23-27-8-7-9-30(20-27)28-10-12-29(13-11-28)37(48)44(5)6/h7-13,20,26,31-35,50H,14-19,21-25H2,1-6H3,(H,42,49)(H,43,47)/t26?,31-,32+,33+,34?,35-,40?,41-/m1/s1. The number of morpholine rings is 1. The third-order valence-electron chi connectivity index (χ3n) is 13.4. The molecular weight excluding hydrogens is 674 g/mol. The normalized spacial score (nSPS) is 33.2. The Morgan fingerprint density at radius 3 is 2.38 bits per heavy atom. The van der Waals surface area contributed by atoms with Crippen LogP contribution in [0.3, 0.4) is 0 Å². The van der Waals surface area contributed by atoms with Crippen LogP contribution in [0.1, 0.15) is 62.9 Å². The third kappa shape index (κ3) is 7.21. The van der Waals surface area contributed by atoms with E-state index in [1.54, 1.807) is 31.0 Å². The van der Waals surface area contributed by atoms with Crippen molar-refractivity contribution in [2.45, 2.75) is 77.3 Å². The molecule has 2 heterocycles. The van der Waals surface area contributed by atoms with E-state index in [0.717, 1.165) is 36.2 Å². The summed E-state index contributed by atoms with van der Waals surface area (Å²) in [5.41, 5.74) is 1.58. The fourth-order valence-corrected chi connectivity index (χ4v) is 9.84. The van der Waals surface area contributed by atoms with Crippen LogP contribution in [0.15, 0.2) is 48.5 Å². The van der Waals surface area contributed by atoms with Crippen molar-refractivity contribution in [3.8, 4) is 11.1 Å². The summed E-state index contributed by atoms with van der Waals surface area (Å²) in [6.45, 7) is 13.0. The van der Waals surface area contributed by atoms with E-state index in [9.17, 15) is 19.5 Å². The number of alkyl carbamates (subject to hydrolysis) is 1. The van der Waals surface area contributed by atoms with Crippen LogP contribution >= 0.6 is 0 Å². The van der Waals surface area contributed by atoms with E-state index in [4.69, 9.17) is 14.3 Å². The van der Waals surface area contributed by atoms with Crippen molar-refractivity contribution < 1.29 is 33.8 Å². The molecule has 0 radical (unpaired) electrons. The maximum atomic E-state index is 14.6. The molecule has 12 nitrogen and oxygen atoms in total. The Morgan fingerprint density at radius 1 is 1.02 bits per heavy atom. The maximum absolute atomic E-state index is 14.6. The third-order valence-corrected chi connectivity index (χ3v) is 13.4. The van der Waals surface area contributed by atoms with Gasteiger partial charge < -0.3 is 30.1 Å². The largest absolute Gasteiger partial charge is 0.447 e. The molecular formula is C41H57N5O7. The first-order valence-corrected chi connectivity index (χ1v) is 19.3. The van der Waals surface area contributed by atoms with E-state index in [-0.39, 0.29) is 36.4 Å². The summed E-state index contributed by atoms with van der Waals surface area (Å²) in [6, 6.07) is 14.8. The molecule has 6 aliphatic rings. The molecule has 12 heteroatoms. The highest BCUT2D eigenvalue weighted by Gasteiger charge is 2.78. The van der Waals surface area contributed by atoms with Gasteiger partial charge in [-0.15, -0.1) is 0 Å². The lowest BCUT2D eigenvalue weighted by Gasteiger charge is -2.62. The first kappa shape index (κ1) is 37.8. The van der Waals surface area contributed by atoms with Gasteiger partial charge in [-0.3, -0.25) is 19.3 Å². The Morgan fingerprint density at radius 2 is 1.74 bits per heavy atom. The van der Waals surface area contributed by atoms with E-state index >= 15 is 0 Å². The number of hydrogen-bond acceptors (Lipinski definition) is 9. The molecule has 8 atom stereocenters. The Balaban J connectivity index is 1.09. The molecule has 1 spiro atoms. The molecule has 6 fully saturated rings. The molecule has 2 aliphatic heterocycles. The van der Waals surface area contributed by atoms with E-state index in [1.807, 2.05) is 42.5 Å². The minimum atomic E-state index is -1.19. The second-order valence-corrected chi connectivity index (χ2v) is 17.1. The second kappa shape index (κ2) is 14.6. The van der Waals surface area contributed by atoms with Crippen LogP contribution in [0.25, 0.3) is 11.1 Å². The number of nitrogens with one attached hydrogen (secondary N) is 2. The fourth-order valence-electron chi connectivity index (χ4n) is 9.84. The zero-order chi connectivity index (χ0) is 37.7. The number of aliphatic hydroxyl groups is 1. The highest BCUT2D eigenvalue weighted by Crippen LogP contribution is 2.66. The van der Waals surface area contributed by atoms with Gasteiger partial charge in [0.05, 0.1) is 30.8 Å². The molecule has 53 heavy (non-hydrogen) atoms. The molecule has 4 aliphatic carbocycles. The van der Waals surface area contributed by atoms with Gasteiger partial charge in [-0.05, 0) is 84.2 Å². The van der Waals surface area contributed by atoms with Gasteiger partial charge in [0.2, 0.25) is 5.91 Å². The Labute approximate surface area is 313 Å². The van der Waals surface area contributed by atoms with E-state index < -0.39 is 29.3 Å². The van der Waals surface area contributed by atoms with Crippen LogP contribution in [0.2, 0.25) is 0 Å². The summed E-state index contributed by atoms with van der Waals surface area (Å²) < 4.78 is 11.1. The number of benzene rings is 2. The van der Waals surface area contributed by atoms with Crippen molar-refractivity contribution in [3.63, 3.8) is 0 Å². The lowest BCUT2D eigenvalue weighted by atomic mass is 9.45. The SMILES string of the molecule is CC1[C@@H](NC(=O)[C@H]2N(Cc3cccc(-c4ccc(C(=O)N(C)C)cc4)c3)OC(COC(=O)NCCN3CCOCC3)[C@]23CC3(C)O)C[C@H]2C[C@@H]1C2(C)C. The number of nitrogens with zero attached hydrogens (tertiary/aromatic N) is 3. The highest BCUT2D eigenvalue weighted by molar-refractivity contribution is 5.94.